The highest BCUT2D eigenvalue weighted by atomic mass is 79.9. The molecule has 0 aliphatic rings. The zero-order chi connectivity index (χ0) is 15.2. The molecule has 114 valence electrons. The number of methoxy groups -OCH3 is 1. The average molecular weight is 345 g/mol. The van der Waals surface area contributed by atoms with Crippen LogP contribution in [0.4, 0.5) is 5.69 Å². The van der Waals surface area contributed by atoms with E-state index in [4.69, 9.17) is 4.74 Å². The number of ether oxygens (including phenoxy) is 1. The molecule has 0 saturated heterocycles. The van der Waals surface area contributed by atoms with E-state index in [1.54, 1.807) is 7.11 Å². The van der Waals surface area contributed by atoms with E-state index >= 15 is 0 Å². The van der Waals surface area contributed by atoms with Gasteiger partial charge < -0.3 is 20.1 Å². The van der Waals surface area contributed by atoms with Crippen molar-refractivity contribution in [2.45, 2.75) is 25.9 Å². The van der Waals surface area contributed by atoms with Gasteiger partial charge in [-0.05, 0) is 31.5 Å². The van der Waals surface area contributed by atoms with Crippen LogP contribution in [0.2, 0.25) is 0 Å². The summed E-state index contributed by atoms with van der Waals surface area (Å²) >= 11 is 3.61. The van der Waals surface area contributed by atoms with E-state index in [1.807, 2.05) is 20.9 Å². The van der Waals surface area contributed by atoms with Crippen molar-refractivity contribution < 1.29 is 9.84 Å². The normalized spacial score (nSPS) is 11.7. The van der Waals surface area contributed by atoms with Gasteiger partial charge in [-0.2, -0.15) is 0 Å². The van der Waals surface area contributed by atoms with Crippen LogP contribution in [0.15, 0.2) is 22.7 Å². The first-order valence-electron chi connectivity index (χ1n) is 6.75. The van der Waals surface area contributed by atoms with E-state index in [0.29, 0.717) is 6.61 Å². The maximum Gasteiger partial charge on any atom is 0.0658 e. The minimum atomic E-state index is -0.280. The predicted molar refractivity (Wildman–Crippen MR) is 87.3 cm³/mol. The molecule has 0 bridgehead atoms. The Morgan fingerprint density at radius 1 is 1.40 bits per heavy atom. The van der Waals surface area contributed by atoms with Crippen molar-refractivity contribution in [3.63, 3.8) is 0 Å². The van der Waals surface area contributed by atoms with E-state index in [0.717, 1.165) is 23.2 Å². The Hall–Kier alpha value is -0.620. The summed E-state index contributed by atoms with van der Waals surface area (Å²) in [7, 11) is 3.69. The number of anilines is 1. The third kappa shape index (κ3) is 4.74. The van der Waals surface area contributed by atoms with Gasteiger partial charge in [0.15, 0.2) is 0 Å². The number of likely N-dealkylation sites (N-methyl/N-ethyl adjacent to an activating group) is 1. The van der Waals surface area contributed by atoms with Crippen molar-refractivity contribution in [2.75, 3.05) is 38.8 Å². The second-order valence-electron chi connectivity index (χ2n) is 5.47. The molecule has 2 N–H and O–H groups in total. The minimum absolute atomic E-state index is 0.113. The van der Waals surface area contributed by atoms with Gasteiger partial charge in [-0.1, -0.05) is 22.0 Å². The van der Waals surface area contributed by atoms with Gasteiger partial charge in [0.05, 0.1) is 18.8 Å². The number of hydrogen-bond donors (Lipinski definition) is 2. The molecule has 1 rings (SSSR count). The summed E-state index contributed by atoms with van der Waals surface area (Å²) in [5.74, 6) is 0. The summed E-state index contributed by atoms with van der Waals surface area (Å²) in [4.78, 5) is 2.08. The zero-order valence-corrected chi connectivity index (χ0v) is 14.3. The lowest BCUT2D eigenvalue weighted by molar-refractivity contribution is 0.199. The topological polar surface area (TPSA) is 44.7 Å². The van der Waals surface area contributed by atoms with Gasteiger partial charge in [0.2, 0.25) is 0 Å². The van der Waals surface area contributed by atoms with Gasteiger partial charge in [0.1, 0.15) is 0 Å². The van der Waals surface area contributed by atoms with Crippen molar-refractivity contribution in [3.05, 3.63) is 28.2 Å². The van der Waals surface area contributed by atoms with E-state index in [-0.39, 0.29) is 12.1 Å². The van der Waals surface area contributed by atoms with Crippen LogP contribution >= 0.6 is 15.9 Å². The Kier molecular flexibility index (Phi) is 6.95. The van der Waals surface area contributed by atoms with Crippen LogP contribution in [0.1, 0.15) is 19.4 Å². The van der Waals surface area contributed by atoms with Crippen LogP contribution in [0.25, 0.3) is 0 Å². The first kappa shape index (κ1) is 17.4. The molecule has 0 unspecified atom stereocenters. The Morgan fingerprint density at radius 2 is 2.10 bits per heavy atom. The first-order valence-corrected chi connectivity index (χ1v) is 7.54. The van der Waals surface area contributed by atoms with Crippen molar-refractivity contribution in [3.8, 4) is 0 Å². The monoisotopic (exact) mass is 344 g/mol. The molecular formula is C15H25BrN2O2. The van der Waals surface area contributed by atoms with Crippen LogP contribution in [0.3, 0.4) is 0 Å². The second kappa shape index (κ2) is 7.98. The Labute approximate surface area is 130 Å². The van der Waals surface area contributed by atoms with E-state index in [2.05, 4.69) is 44.3 Å². The fourth-order valence-corrected chi connectivity index (χ4v) is 2.25. The molecule has 0 amide bonds. The maximum absolute atomic E-state index is 9.44. The van der Waals surface area contributed by atoms with E-state index < -0.39 is 0 Å². The van der Waals surface area contributed by atoms with Gasteiger partial charge >= 0.3 is 0 Å². The number of aliphatic hydroxyl groups excluding tert-OH is 1. The van der Waals surface area contributed by atoms with Crippen molar-refractivity contribution in [1.29, 1.82) is 0 Å². The molecule has 5 heteroatoms. The van der Waals surface area contributed by atoms with Gasteiger partial charge in [-0.15, -0.1) is 0 Å². The van der Waals surface area contributed by atoms with Gasteiger partial charge in [-0.3, -0.25) is 0 Å². The Morgan fingerprint density at radius 3 is 2.65 bits per heavy atom. The van der Waals surface area contributed by atoms with Crippen LogP contribution in [0, 0.1) is 0 Å². The van der Waals surface area contributed by atoms with Crippen molar-refractivity contribution >= 4 is 21.6 Å². The van der Waals surface area contributed by atoms with E-state index in [9.17, 15) is 5.11 Å². The third-order valence-electron chi connectivity index (χ3n) is 3.52. The third-order valence-corrected chi connectivity index (χ3v) is 4.26. The van der Waals surface area contributed by atoms with Crippen molar-refractivity contribution in [1.82, 2.24) is 5.32 Å². The second-order valence-corrected chi connectivity index (χ2v) is 6.33. The molecule has 0 aliphatic carbocycles. The fourth-order valence-electron chi connectivity index (χ4n) is 1.74. The first-order chi connectivity index (χ1) is 9.42. The molecule has 1 aromatic carbocycles. The smallest absolute Gasteiger partial charge is 0.0658 e. The van der Waals surface area contributed by atoms with Crippen LogP contribution in [-0.4, -0.2) is 44.6 Å². The number of nitrogens with zero attached hydrogens (tertiary/aromatic N) is 1. The standard InChI is InChI=1S/C15H25BrN2O2/c1-15(2,11-19)18(3)13-6-5-12(14(16)9-13)10-17-7-8-20-4/h5-6,9,17,19H,7-8,10-11H2,1-4H3. The maximum atomic E-state index is 9.44. The number of rotatable bonds is 8. The molecule has 0 atom stereocenters. The number of aliphatic hydroxyl groups is 1. The lowest BCUT2D eigenvalue weighted by atomic mass is 10.0. The fraction of sp³-hybridized carbons (Fsp3) is 0.600. The van der Waals surface area contributed by atoms with Gasteiger partial charge in [0.25, 0.3) is 0 Å². The molecule has 1 aromatic rings. The summed E-state index contributed by atoms with van der Waals surface area (Å²) in [6.07, 6.45) is 0. The molecule has 20 heavy (non-hydrogen) atoms. The molecule has 0 spiro atoms. The molecule has 0 aliphatic heterocycles. The van der Waals surface area contributed by atoms with Crippen LogP contribution < -0.4 is 10.2 Å². The summed E-state index contributed by atoms with van der Waals surface area (Å²) < 4.78 is 6.08. The quantitative estimate of drug-likeness (QED) is 0.710. The van der Waals surface area contributed by atoms with Gasteiger partial charge in [-0.25, -0.2) is 0 Å². The molecule has 0 saturated carbocycles. The van der Waals surface area contributed by atoms with E-state index in [1.165, 1.54) is 5.56 Å². The number of hydrogen-bond acceptors (Lipinski definition) is 4. The molecule has 0 heterocycles. The largest absolute Gasteiger partial charge is 0.394 e. The molecular weight excluding hydrogens is 320 g/mol. The predicted octanol–water partition coefficient (Wildman–Crippen LogP) is 2.39. The Bertz CT molecular complexity index is 424. The SMILES string of the molecule is COCCNCc1ccc(N(C)C(C)(C)CO)cc1Br. The summed E-state index contributed by atoms with van der Waals surface area (Å²) in [5, 5.41) is 12.8. The number of benzene rings is 1. The molecule has 0 radical (unpaired) electrons. The highest BCUT2D eigenvalue weighted by molar-refractivity contribution is 9.10. The highest BCUT2D eigenvalue weighted by Crippen LogP contribution is 2.27. The molecule has 0 aromatic heterocycles. The average Bonchev–Trinajstić information content (AvgIpc) is 2.44. The molecule has 0 fully saturated rings. The van der Waals surface area contributed by atoms with Crippen LogP contribution in [0.5, 0.6) is 0 Å². The summed E-state index contributed by atoms with van der Waals surface area (Å²) in [5.41, 5.74) is 2.01. The zero-order valence-electron chi connectivity index (χ0n) is 12.7. The summed E-state index contributed by atoms with van der Waals surface area (Å²) in [6.45, 7) is 6.49. The van der Waals surface area contributed by atoms with Gasteiger partial charge in [0, 0.05) is 37.4 Å². The Balaban J connectivity index is 2.72. The summed E-state index contributed by atoms with van der Waals surface area (Å²) in [6, 6.07) is 6.27. The lowest BCUT2D eigenvalue weighted by Crippen LogP contribution is -2.44. The number of halogens is 1. The number of nitrogens with one attached hydrogen (secondary N) is 1. The lowest BCUT2D eigenvalue weighted by Gasteiger charge is -2.36. The van der Waals surface area contributed by atoms with Crippen molar-refractivity contribution in [2.24, 2.45) is 0 Å². The van der Waals surface area contributed by atoms with Crippen LogP contribution in [-0.2, 0) is 11.3 Å². The highest BCUT2D eigenvalue weighted by Gasteiger charge is 2.23. The minimum Gasteiger partial charge on any atom is -0.394 e. The molecule has 4 nitrogen and oxygen atoms in total.